The van der Waals surface area contributed by atoms with E-state index in [1.54, 1.807) is 21.0 Å². The zero-order valence-electron chi connectivity index (χ0n) is 18.7. The van der Waals surface area contributed by atoms with E-state index in [0.29, 0.717) is 18.8 Å². The highest BCUT2D eigenvalue weighted by atomic mass is 32.2. The zero-order valence-corrected chi connectivity index (χ0v) is 19.5. The van der Waals surface area contributed by atoms with Crippen molar-refractivity contribution in [3.8, 4) is 11.4 Å². The van der Waals surface area contributed by atoms with Crippen molar-refractivity contribution in [1.82, 2.24) is 14.5 Å². The highest BCUT2D eigenvalue weighted by Gasteiger charge is 2.29. The van der Waals surface area contributed by atoms with E-state index in [-0.39, 0.29) is 5.91 Å². The molecule has 1 aromatic carbocycles. The average molecular weight is 446 g/mol. The number of imidazole rings is 1. The molecule has 2 aromatic rings. The number of piperidine rings is 1. The minimum Gasteiger partial charge on any atom is -0.480 e. The predicted molar refractivity (Wildman–Crippen MR) is 122 cm³/mol. The molecule has 1 saturated heterocycles. The van der Waals surface area contributed by atoms with Crippen LogP contribution in [0, 0.1) is 6.92 Å². The smallest absolute Gasteiger partial charge is 0.319 e. The minimum atomic E-state index is -0.914. The average Bonchev–Trinajstić information content (AvgIpc) is 3.08. The molecule has 0 unspecified atom stereocenters. The summed E-state index contributed by atoms with van der Waals surface area (Å²) >= 11 is 1.30. The van der Waals surface area contributed by atoms with Crippen molar-refractivity contribution >= 4 is 23.6 Å². The molecule has 0 spiro atoms. The van der Waals surface area contributed by atoms with Crippen molar-refractivity contribution in [2.75, 3.05) is 26.8 Å². The Balaban J connectivity index is 1.92. The van der Waals surface area contributed by atoms with Crippen LogP contribution in [0.3, 0.4) is 0 Å². The van der Waals surface area contributed by atoms with E-state index in [1.807, 2.05) is 40.7 Å². The van der Waals surface area contributed by atoms with Crippen molar-refractivity contribution < 1.29 is 19.4 Å². The van der Waals surface area contributed by atoms with E-state index in [2.05, 4.69) is 0 Å². The number of aromatic nitrogens is 2. The largest absolute Gasteiger partial charge is 0.480 e. The van der Waals surface area contributed by atoms with E-state index in [9.17, 15) is 14.7 Å². The van der Waals surface area contributed by atoms with Crippen LogP contribution in [0.15, 0.2) is 29.2 Å². The maximum atomic E-state index is 13.1. The van der Waals surface area contributed by atoms with Crippen LogP contribution >= 0.6 is 11.8 Å². The first-order valence-electron chi connectivity index (χ1n) is 10.6. The molecular weight excluding hydrogens is 414 g/mol. The Hall–Kier alpha value is -2.32. The number of carboxylic acid groups (broad SMARTS) is 1. The Bertz CT molecular complexity index is 931. The van der Waals surface area contributed by atoms with E-state index >= 15 is 0 Å². The lowest BCUT2D eigenvalue weighted by Gasteiger charge is -2.26. The number of carbonyl (C=O) groups is 2. The second-order valence-corrected chi connectivity index (χ2v) is 10.0. The number of hydrogen-bond donors (Lipinski definition) is 1. The molecule has 3 rings (SSSR count). The molecule has 0 aliphatic carbocycles. The maximum absolute atomic E-state index is 13.1. The monoisotopic (exact) mass is 445 g/mol. The molecule has 1 amide bonds. The maximum Gasteiger partial charge on any atom is 0.319 e. The molecule has 1 aliphatic rings. The number of thioether (sulfide) groups is 1. The topological polar surface area (TPSA) is 84.7 Å². The van der Waals surface area contributed by atoms with Gasteiger partial charge in [-0.3, -0.25) is 9.59 Å². The van der Waals surface area contributed by atoms with Crippen LogP contribution in [-0.2, 0) is 16.1 Å². The number of benzene rings is 1. The summed E-state index contributed by atoms with van der Waals surface area (Å²) in [7, 11) is 1.65. The first kappa shape index (κ1) is 23.3. The Labute approximate surface area is 187 Å². The molecule has 1 fully saturated rings. The van der Waals surface area contributed by atoms with Gasteiger partial charge in [0.05, 0.1) is 6.61 Å². The van der Waals surface area contributed by atoms with Gasteiger partial charge in [-0.05, 0) is 52.2 Å². The Morgan fingerprint density at radius 2 is 1.81 bits per heavy atom. The van der Waals surface area contributed by atoms with Crippen molar-refractivity contribution in [2.24, 2.45) is 0 Å². The SMILES string of the molecule is COCCn1c(-c2ccc(SC(C)(C)C(=O)O)cc2)nc(C(=O)N2CCCCC2)c1C. The zero-order chi connectivity index (χ0) is 22.6. The Morgan fingerprint density at radius 3 is 2.39 bits per heavy atom. The molecule has 0 bridgehead atoms. The number of hydrogen-bond acceptors (Lipinski definition) is 5. The van der Waals surface area contributed by atoms with Crippen LogP contribution < -0.4 is 0 Å². The van der Waals surface area contributed by atoms with Gasteiger partial charge in [-0.2, -0.15) is 0 Å². The number of ether oxygens (including phenoxy) is 1. The van der Waals surface area contributed by atoms with Crippen LogP contribution in [-0.4, -0.2) is 63.0 Å². The molecule has 168 valence electrons. The van der Waals surface area contributed by atoms with Crippen molar-refractivity contribution in [2.45, 2.75) is 56.2 Å². The van der Waals surface area contributed by atoms with Gasteiger partial charge in [-0.1, -0.05) is 12.1 Å². The number of methoxy groups -OCH3 is 1. The lowest BCUT2D eigenvalue weighted by Crippen LogP contribution is -2.36. The highest BCUT2D eigenvalue weighted by molar-refractivity contribution is 8.01. The van der Waals surface area contributed by atoms with Gasteiger partial charge in [0.1, 0.15) is 16.3 Å². The molecule has 1 aliphatic heterocycles. The standard InChI is InChI=1S/C23H31N3O4S/c1-16-19(21(27)25-12-6-5-7-13-25)24-20(26(16)14-15-30-4)17-8-10-18(11-9-17)31-23(2,3)22(28)29/h8-11H,5-7,12-15H2,1-4H3,(H,28,29). The number of aliphatic carboxylic acids is 1. The number of amides is 1. The van der Waals surface area contributed by atoms with Crippen LogP contribution in [0.1, 0.15) is 49.3 Å². The number of nitrogens with zero attached hydrogens (tertiary/aromatic N) is 3. The van der Waals surface area contributed by atoms with Crippen LogP contribution in [0.2, 0.25) is 0 Å². The van der Waals surface area contributed by atoms with Crippen molar-refractivity contribution in [1.29, 1.82) is 0 Å². The fourth-order valence-electron chi connectivity index (χ4n) is 3.67. The molecule has 8 heteroatoms. The first-order valence-corrected chi connectivity index (χ1v) is 11.4. The summed E-state index contributed by atoms with van der Waals surface area (Å²) in [6.07, 6.45) is 3.24. The van der Waals surface area contributed by atoms with Gasteiger partial charge in [0.25, 0.3) is 5.91 Å². The van der Waals surface area contributed by atoms with Gasteiger partial charge >= 0.3 is 5.97 Å². The van der Waals surface area contributed by atoms with Gasteiger partial charge in [0.15, 0.2) is 0 Å². The fraction of sp³-hybridized carbons (Fsp3) is 0.522. The van der Waals surface area contributed by atoms with Gasteiger partial charge in [0, 0.05) is 42.9 Å². The molecule has 0 radical (unpaired) electrons. The van der Waals surface area contributed by atoms with Crippen LogP contribution in [0.25, 0.3) is 11.4 Å². The number of carboxylic acids is 1. The van der Waals surface area contributed by atoms with Gasteiger partial charge in [-0.25, -0.2) is 4.98 Å². The van der Waals surface area contributed by atoms with E-state index < -0.39 is 10.7 Å². The van der Waals surface area contributed by atoms with Gasteiger partial charge < -0.3 is 19.3 Å². The molecule has 1 aromatic heterocycles. The van der Waals surface area contributed by atoms with Crippen molar-refractivity contribution in [3.05, 3.63) is 35.7 Å². The van der Waals surface area contributed by atoms with Gasteiger partial charge in [0.2, 0.25) is 0 Å². The minimum absolute atomic E-state index is 0.00926. The third-order valence-corrected chi connectivity index (χ3v) is 6.78. The van der Waals surface area contributed by atoms with Crippen LogP contribution in [0.4, 0.5) is 0 Å². The van der Waals surface area contributed by atoms with E-state index in [1.165, 1.54) is 18.2 Å². The quantitative estimate of drug-likeness (QED) is 0.616. The Morgan fingerprint density at radius 1 is 1.16 bits per heavy atom. The predicted octanol–water partition coefficient (Wildman–Crippen LogP) is 4.09. The molecule has 7 nitrogen and oxygen atoms in total. The highest BCUT2D eigenvalue weighted by Crippen LogP contribution is 2.34. The van der Waals surface area contributed by atoms with Crippen molar-refractivity contribution in [3.63, 3.8) is 0 Å². The fourth-order valence-corrected chi connectivity index (χ4v) is 4.62. The normalized spacial score (nSPS) is 14.6. The third-order valence-electron chi connectivity index (χ3n) is 5.59. The summed E-state index contributed by atoms with van der Waals surface area (Å²) < 4.78 is 6.39. The summed E-state index contributed by atoms with van der Waals surface area (Å²) in [4.78, 5) is 32.1. The molecule has 2 heterocycles. The second kappa shape index (κ2) is 9.87. The molecule has 1 N–H and O–H groups in total. The molecule has 0 saturated carbocycles. The summed E-state index contributed by atoms with van der Waals surface area (Å²) in [6, 6.07) is 7.67. The molecular formula is C23H31N3O4S. The molecule has 0 atom stereocenters. The van der Waals surface area contributed by atoms with E-state index in [4.69, 9.17) is 9.72 Å². The van der Waals surface area contributed by atoms with E-state index in [0.717, 1.165) is 47.9 Å². The Kier molecular flexibility index (Phi) is 7.43. The van der Waals surface area contributed by atoms with Gasteiger partial charge in [-0.15, -0.1) is 11.8 Å². The summed E-state index contributed by atoms with van der Waals surface area (Å²) in [6.45, 7) is 7.99. The summed E-state index contributed by atoms with van der Waals surface area (Å²) in [5.41, 5.74) is 2.22. The third kappa shape index (κ3) is 5.30. The summed E-state index contributed by atoms with van der Waals surface area (Å²) in [5, 5.41) is 9.36. The first-order chi connectivity index (χ1) is 14.7. The van der Waals surface area contributed by atoms with Crippen LogP contribution in [0.5, 0.6) is 0 Å². The lowest BCUT2D eigenvalue weighted by molar-refractivity contribution is -0.138. The lowest BCUT2D eigenvalue weighted by atomic mass is 10.1. The summed E-state index contributed by atoms with van der Waals surface area (Å²) in [5.74, 6) is -0.137. The number of carbonyl (C=O) groups excluding carboxylic acids is 1. The second-order valence-electron chi connectivity index (χ2n) is 8.31. The molecule has 31 heavy (non-hydrogen) atoms. The number of likely N-dealkylation sites (tertiary alicyclic amines) is 1. The number of rotatable bonds is 8.